The van der Waals surface area contributed by atoms with Gasteiger partial charge in [-0.2, -0.15) is 13.2 Å². The van der Waals surface area contributed by atoms with Gasteiger partial charge in [-0.25, -0.2) is 4.79 Å². The number of benzene rings is 1. The highest BCUT2D eigenvalue weighted by Gasteiger charge is 2.44. The molecule has 0 radical (unpaired) electrons. The molecule has 4 nitrogen and oxygen atoms in total. The molecule has 1 aromatic heterocycles. The maximum absolute atomic E-state index is 13.0. The van der Waals surface area contributed by atoms with Crippen molar-refractivity contribution in [3.8, 4) is 5.75 Å². The van der Waals surface area contributed by atoms with Crippen molar-refractivity contribution in [3.05, 3.63) is 59.9 Å². The Morgan fingerprint density at radius 3 is 2.29 bits per heavy atom. The Kier molecular flexibility index (Phi) is 4.11. The molecule has 0 saturated heterocycles. The molecule has 110 valence electrons. The molecule has 2 aromatic rings. The zero-order valence-electron chi connectivity index (χ0n) is 10.5. The fourth-order valence-corrected chi connectivity index (χ4v) is 1.64. The third-order valence-corrected chi connectivity index (χ3v) is 2.61. The molecule has 1 aromatic carbocycles. The zero-order valence-corrected chi connectivity index (χ0v) is 10.5. The molecule has 0 amide bonds. The Hall–Kier alpha value is -2.57. The molecule has 0 aliphatic rings. The van der Waals surface area contributed by atoms with Crippen LogP contribution >= 0.6 is 0 Å². The first-order valence-electron chi connectivity index (χ1n) is 5.85. The molecular formula is C14H10F3NO3. The van der Waals surface area contributed by atoms with E-state index in [1.165, 1.54) is 48.7 Å². The van der Waals surface area contributed by atoms with Gasteiger partial charge in [0.2, 0.25) is 6.10 Å². The Morgan fingerprint density at radius 2 is 1.81 bits per heavy atom. The monoisotopic (exact) mass is 297 g/mol. The molecule has 7 heteroatoms. The predicted octanol–water partition coefficient (Wildman–Crippen LogP) is 3.46. The van der Waals surface area contributed by atoms with E-state index < -0.39 is 18.2 Å². The van der Waals surface area contributed by atoms with Crippen LogP contribution < -0.4 is 4.74 Å². The van der Waals surface area contributed by atoms with Gasteiger partial charge in [0.1, 0.15) is 5.75 Å². The van der Waals surface area contributed by atoms with Crippen LogP contribution in [-0.4, -0.2) is 22.2 Å². The molecular weight excluding hydrogens is 287 g/mol. The fraction of sp³-hybridized carbons (Fsp3) is 0.143. The van der Waals surface area contributed by atoms with E-state index in [1.54, 1.807) is 0 Å². The highest BCUT2D eigenvalue weighted by atomic mass is 19.4. The van der Waals surface area contributed by atoms with Gasteiger partial charge in [-0.05, 0) is 36.4 Å². The number of hydrogen-bond acceptors (Lipinski definition) is 3. The first-order chi connectivity index (χ1) is 9.88. The van der Waals surface area contributed by atoms with Crippen molar-refractivity contribution >= 4 is 5.97 Å². The number of aromatic nitrogens is 1. The zero-order chi connectivity index (χ0) is 15.5. The van der Waals surface area contributed by atoms with Crippen molar-refractivity contribution < 1.29 is 27.8 Å². The topological polar surface area (TPSA) is 59.4 Å². The molecule has 1 N–H and O–H groups in total. The van der Waals surface area contributed by atoms with Gasteiger partial charge in [-0.3, -0.25) is 4.98 Å². The van der Waals surface area contributed by atoms with Gasteiger partial charge in [0, 0.05) is 6.20 Å². The minimum absolute atomic E-state index is 0.0382. The lowest BCUT2D eigenvalue weighted by Gasteiger charge is -2.21. The average molecular weight is 297 g/mol. The highest BCUT2D eigenvalue weighted by molar-refractivity contribution is 5.87. The number of pyridine rings is 1. The van der Waals surface area contributed by atoms with E-state index in [4.69, 9.17) is 9.84 Å². The molecule has 1 atom stereocenters. The van der Waals surface area contributed by atoms with E-state index in [1.807, 2.05) is 0 Å². The first kappa shape index (κ1) is 14.8. The van der Waals surface area contributed by atoms with Crippen LogP contribution in [0.25, 0.3) is 0 Å². The van der Waals surface area contributed by atoms with Gasteiger partial charge in [0.05, 0.1) is 11.3 Å². The maximum Gasteiger partial charge on any atom is 0.431 e. The van der Waals surface area contributed by atoms with Gasteiger partial charge < -0.3 is 9.84 Å². The normalized spacial score (nSPS) is 12.7. The fourth-order valence-electron chi connectivity index (χ4n) is 1.64. The number of hydrogen-bond donors (Lipinski definition) is 1. The van der Waals surface area contributed by atoms with Crippen molar-refractivity contribution in [2.45, 2.75) is 12.3 Å². The van der Waals surface area contributed by atoms with Gasteiger partial charge in [-0.1, -0.05) is 6.07 Å². The first-order valence-corrected chi connectivity index (χ1v) is 5.85. The number of halogens is 3. The number of ether oxygens (including phenoxy) is 1. The standard InChI is InChI=1S/C14H10F3NO3/c15-14(16,17)12(11-3-1-2-8-18-11)21-10-6-4-9(5-7-10)13(19)20/h1-8,12H,(H,19,20). The summed E-state index contributed by atoms with van der Waals surface area (Å²) in [4.78, 5) is 14.3. The van der Waals surface area contributed by atoms with Crippen molar-refractivity contribution in [3.63, 3.8) is 0 Å². The molecule has 0 aliphatic heterocycles. The molecule has 0 fully saturated rings. The molecule has 0 aliphatic carbocycles. The summed E-state index contributed by atoms with van der Waals surface area (Å²) in [7, 11) is 0. The van der Waals surface area contributed by atoms with Crippen LogP contribution in [0.15, 0.2) is 48.7 Å². The van der Waals surface area contributed by atoms with E-state index in [0.717, 1.165) is 0 Å². The van der Waals surface area contributed by atoms with Crippen LogP contribution in [0, 0.1) is 0 Å². The van der Waals surface area contributed by atoms with Gasteiger partial charge in [0.15, 0.2) is 0 Å². The predicted molar refractivity (Wildman–Crippen MR) is 67.1 cm³/mol. The Morgan fingerprint density at radius 1 is 1.14 bits per heavy atom. The van der Waals surface area contributed by atoms with Gasteiger partial charge in [-0.15, -0.1) is 0 Å². The minimum Gasteiger partial charge on any atom is -0.478 e. The molecule has 1 heterocycles. The minimum atomic E-state index is -4.64. The van der Waals surface area contributed by atoms with Crippen LogP contribution in [-0.2, 0) is 0 Å². The molecule has 1 unspecified atom stereocenters. The summed E-state index contributed by atoms with van der Waals surface area (Å²) >= 11 is 0. The number of nitrogens with zero attached hydrogens (tertiary/aromatic N) is 1. The van der Waals surface area contributed by atoms with Crippen molar-refractivity contribution in [2.24, 2.45) is 0 Å². The summed E-state index contributed by atoms with van der Waals surface area (Å²) < 4.78 is 44.0. The third-order valence-electron chi connectivity index (χ3n) is 2.61. The largest absolute Gasteiger partial charge is 0.478 e. The van der Waals surface area contributed by atoms with Crippen LogP contribution in [0.5, 0.6) is 5.75 Å². The SMILES string of the molecule is O=C(O)c1ccc(OC(c2ccccn2)C(F)(F)F)cc1. The molecule has 0 spiro atoms. The maximum atomic E-state index is 13.0. The average Bonchev–Trinajstić information content (AvgIpc) is 2.45. The summed E-state index contributed by atoms with van der Waals surface area (Å²) in [6.45, 7) is 0. The van der Waals surface area contributed by atoms with Crippen molar-refractivity contribution in [1.82, 2.24) is 4.98 Å². The lowest BCUT2D eigenvalue weighted by atomic mass is 10.2. The van der Waals surface area contributed by atoms with Gasteiger partial charge in [0.25, 0.3) is 0 Å². The molecule has 0 bridgehead atoms. The highest BCUT2D eigenvalue weighted by Crippen LogP contribution is 2.35. The summed E-state index contributed by atoms with van der Waals surface area (Å²) in [5, 5.41) is 8.73. The number of rotatable bonds is 4. The van der Waals surface area contributed by atoms with Crippen molar-refractivity contribution in [1.29, 1.82) is 0 Å². The number of carbonyl (C=O) groups is 1. The molecule has 0 saturated carbocycles. The molecule has 21 heavy (non-hydrogen) atoms. The van der Waals surface area contributed by atoms with E-state index in [0.29, 0.717) is 0 Å². The number of alkyl halides is 3. The number of carboxylic acid groups (broad SMARTS) is 1. The van der Waals surface area contributed by atoms with Gasteiger partial charge >= 0.3 is 12.1 Å². The smallest absolute Gasteiger partial charge is 0.431 e. The molecule has 2 rings (SSSR count). The van der Waals surface area contributed by atoms with Crippen LogP contribution in [0.3, 0.4) is 0 Å². The summed E-state index contributed by atoms with van der Waals surface area (Å²) in [6.07, 6.45) is -5.61. The second-order valence-corrected chi connectivity index (χ2v) is 4.12. The lowest BCUT2D eigenvalue weighted by molar-refractivity contribution is -0.199. The van der Waals surface area contributed by atoms with Crippen LogP contribution in [0.4, 0.5) is 13.2 Å². The van der Waals surface area contributed by atoms with E-state index >= 15 is 0 Å². The number of carboxylic acids is 1. The van der Waals surface area contributed by atoms with E-state index in [2.05, 4.69) is 4.98 Å². The summed E-state index contributed by atoms with van der Waals surface area (Å²) in [6, 6.07) is 8.82. The summed E-state index contributed by atoms with van der Waals surface area (Å²) in [5.41, 5.74) is -0.309. The van der Waals surface area contributed by atoms with E-state index in [9.17, 15) is 18.0 Å². The van der Waals surface area contributed by atoms with Crippen LogP contribution in [0.1, 0.15) is 22.2 Å². The third kappa shape index (κ3) is 3.71. The Bertz CT molecular complexity index is 612. The second-order valence-electron chi connectivity index (χ2n) is 4.12. The number of aromatic carboxylic acids is 1. The lowest BCUT2D eigenvalue weighted by Crippen LogP contribution is -2.26. The second kappa shape index (κ2) is 5.82. The quantitative estimate of drug-likeness (QED) is 0.938. The Labute approximate surface area is 117 Å². The van der Waals surface area contributed by atoms with Crippen LogP contribution in [0.2, 0.25) is 0 Å². The summed E-state index contributed by atoms with van der Waals surface area (Å²) in [5.74, 6) is -1.26. The van der Waals surface area contributed by atoms with E-state index in [-0.39, 0.29) is 17.0 Å². The Balaban J connectivity index is 2.26. The van der Waals surface area contributed by atoms with Crippen molar-refractivity contribution in [2.75, 3.05) is 0 Å².